The largest absolute Gasteiger partial charge is 0.485 e. The Kier molecular flexibility index (Phi) is 4.48. The summed E-state index contributed by atoms with van der Waals surface area (Å²) in [6.07, 6.45) is 0.0544. The Morgan fingerprint density at radius 2 is 1.59 bits per heavy atom. The number of nitrogens with zero attached hydrogens (tertiary/aromatic N) is 1. The molecule has 0 aromatic heterocycles. The third-order valence-electron chi connectivity index (χ3n) is 5.45. The third kappa shape index (κ3) is 3.12. The van der Waals surface area contributed by atoms with Gasteiger partial charge in [0, 0.05) is 13.1 Å². The van der Waals surface area contributed by atoms with Crippen LogP contribution in [0.3, 0.4) is 0 Å². The average molecular weight is 367 g/mol. The standard InChI is InChI=1S/C21H21NO5/c23-19(18-14-26-16-8-4-5-9-17(16)27-18)22-12-10-21(11-13-22,20(24)25)15-6-2-1-3-7-15/h1-9,18H,10-14H2,(H,24,25). The first-order valence-corrected chi connectivity index (χ1v) is 9.06. The van der Waals surface area contributed by atoms with E-state index in [0.29, 0.717) is 37.4 Å². The van der Waals surface area contributed by atoms with E-state index in [4.69, 9.17) is 9.47 Å². The summed E-state index contributed by atoms with van der Waals surface area (Å²) in [7, 11) is 0. The average Bonchev–Trinajstić information content (AvgIpc) is 2.73. The quantitative estimate of drug-likeness (QED) is 0.902. The van der Waals surface area contributed by atoms with E-state index in [-0.39, 0.29) is 12.5 Å². The highest BCUT2D eigenvalue weighted by Crippen LogP contribution is 2.37. The first kappa shape index (κ1) is 17.4. The number of likely N-dealkylation sites (tertiary alicyclic amines) is 1. The zero-order chi connectivity index (χ0) is 18.9. The van der Waals surface area contributed by atoms with Crippen LogP contribution in [0.5, 0.6) is 11.5 Å². The lowest BCUT2D eigenvalue weighted by Gasteiger charge is -2.40. The molecule has 2 aliphatic heterocycles. The number of aliphatic carboxylic acids is 1. The van der Waals surface area contributed by atoms with Crippen molar-refractivity contribution in [1.29, 1.82) is 0 Å². The van der Waals surface area contributed by atoms with Crippen LogP contribution in [-0.2, 0) is 15.0 Å². The molecule has 2 aromatic carbocycles. The van der Waals surface area contributed by atoms with E-state index >= 15 is 0 Å². The van der Waals surface area contributed by atoms with Crippen molar-refractivity contribution in [2.24, 2.45) is 0 Å². The van der Waals surface area contributed by atoms with Crippen LogP contribution in [0, 0.1) is 0 Å². The van der Waals surface area contributed by atoms with Gasteiger partial charge in [-0.3, -0.25) is 9.59 Å². The number of hydrogen-bond donors (Lipinski definition) is 1. The second-order valence-corrected chi connectivity index (χ2v) is 6.94. The fourth-order valence-electron chi connectivity index (χ4n) is 3.84. The summed E-state index contributed by atoms with van der Waals surface area (Å²) in [6, 6.07) is 16.5. The number of hydrogen-bond acceptors (Lipinski definition) is 4. The Balaban J connectivity index is 1.46. The lowest BCUT2D eigenvalue weighted by molar-refractivity contribution is -0.151. The monoisotopic (exact) mass is 367 g/mol. The summed E-state index contributed by atoms with van der Waals surface area (Å²) < 4.78 is 11.4. The molecular formula is C21H21NO5. The molecule has 0 saturated carbocycles. The van der Waals surface area contributed by atoms with Crippen molar-refractivity contribution in [2.45, 2.75) is 24.4 Å². The number of fused-ring (bicyclic) bond motifs is 1. The van der Waals surface area contributed by atoms with E-state index in [9.17, 15) is 14.7 Å². The maximum Gasteiger partial charge on any atom is 0.314 e. The summed E-state index contributed by atoms with van der Waals surface area (Å²) in [6.45, 7) is 0.915. The van der Waals surface area contributed by atoms with Crippen LogP contribution in [0.2, 0.25) is 0 Å². The SMILES string of the molecule is O=C(C1COc2ccccc2O1)N1CCC(C(=O)O)(c2ccccc2)CC1. The minimum atomic E-state index is -0.950. The van der Waals surface area contributed by atoms with Crippen molar-refractivity contribution < 1.29 is 24.2 Å². The number of carbonyl (C=O) groups is 2. The van der Waals surface area contributed by atoms with Crippen LogP contribution in [0.15, 0.2) is 54.6 Å². The summed E-state index contributed by atoms with van der Waals surface area (Å²) in [5.74, 6) is 0.195. The summed E-state index contributed by atoms with van der Waals surface area (Å²) in [5, 5.41) is 9.88. The van der Waals surface area contributed by atoms with Gasteiger partial charge in [-0.15, -0.1) is 0 Å². The van der Waals surface area contributed by atoms with Gasteiger partial charge in [0.05, 0.1) is 5.41 Å². The number of piperidine rings is 1. The van der Waals surface area contributed by atoms with E-state index in [0.717, 1.165) is 5.56 Å². The van der Waals surface area contributed by atoms with Crippen molar-refractivity contribution in [1.82, 2.24) is 4.90 Å². The van der Waals surface area contributed by atoms with E-state index in [1.165, 1.54) is 0 Å². The lowest BCUT2D eigenvalue weighted by Crippen LogP contribution is -2.53. The Bertz CT molecular complexity index is 843. The summed E-state index contributed by atoms with van der Waals surface area (Å²) in [5.41, 5.74) is -0.162. The van der Waals surface area contributed by atoms with Gasteiger partial charge in [0.2, 0.25) is 6.10 Å². The topological polar surface area (TPSA) is 76.1 Å². The molecule has 2 aliphatic rings. The number of amides is 1. The smallest absolute Gasteiger partial charge is 0.314 e. The fourth-order valence-corrected chi connectivity index (χ4v) is 3.84. The number of carboxylic acid groups (broad SMARTS) is 1. The van der Waals surface area contributed by atoms with Crippen LogP contribution < -0.4 is 9.47 Å². The van der Waals surface area contributed by atoms with E-state index in [2.05, 4.69) is 0 Å². The molecule has 0 bridgehead atoms. The number of rotatable bonds is 3. The maximum absolute atomic E-state index is 12.9. The molecule has 4 rings (SSSR count). The van der Waals surface area contributed by atoms with Gasteiger partial charge in [-0.25, -0.2) is 0 Å². The molecule has 140 valence electrons. The van der Waals surface area contributed by atoms with Gasteiger partial charge in [0.25, 0.3) is 5.91 Å². The molecule has 0 aliphatic carbocycles. The Labute approximate surface area is 157 Å². The molecule has 1 fully saturated rings. The highest BCUT2D eigenvalue weighted by molar-refractivity contribution is 5.84. The minimum absolute atomic E-state index is 0.156. The van der Waals surface area contributed by atoms with Crippen LogP contribution in [0.1, 0.15) is 18.4 Å². The molecule has 1 amide bonds. The molecule has 1 unspecified atom stereocenters. The van der Waals surface area contributed by atoms with Crippen LogP contribution in [0.4, 0.5) is 0 Å². The molecular weight excluding hydrogens is 346 g/mol. The van der Waals surface area contributed by atoms with Crippen molar-refractivity contribution in [3.8, 4) is 11.5 Å². The minimum Gasteiger partial charge on any atom is -0.485 e. The van der Waals surface area contributed by atoms with E-state index < -0.39 is 17.5 Å². The van der Waals surface area contributed by atoms with Crippen molar-refractivity contribution in [2.75, 3.05) is 19.7 Å². The van der Waals surface area contributed by atoms with Crippen LogP contribution >= 0.6 is 0 Å². The van der Waals surface area contributed by atoms with E-state index in [1.54, 1.807) is 17.0 Å². The summed E-state index contributed by atoms with van der Waals surface area (Å²) >= 11 is 0. The molecule has 2 aromatic rings. The third-order valence-corrected chi connectivity index (χ3v) is 5.45. The number of ether oxygens (including phenoxy) is 2. The molecule has 27 heavy (non-hydrogen) atoms. The van der Waals surface area contributed by atoms with E-state index in [1.807, 2.05) is 42.5 Å². The molecule has 6 nitrogen and oxygen atoms in total. The van der Waals surface area contributed by atoms with Crippen molar-refractivity contribution in [3.63, 3.8) is 0 Å². The molecule has 1 saturated heterocycles. The molecule has 2 heterocycles. The van der Waals surface area contributed by atoms with Crippen molar-refractivity contribution >= 4 is 11.9 Å². The second-order valence-electron chi connectivity index (χ2n) is 6.94. The summed E-state index contributed by atoms with van der Waals surface area (Å²) in [4.78, 5) is 26.6. The lowest BCUT2D eigenvalue weighted by atomic mass is 9.73. The first-order chi connectivity index (χ1) is 13.1. The van der Waals surface area contributed by atoms with Gasteiger partial charge in [0.15, 0.2) is 11.5 Å². The van der Waals surface area contributed by atoms with Crippen LogP contribution in [-0.4, -0.2) is 47.7 Å². The maximum atomic E-state index is 12.9. The van der Waals surface area contributed by atoms with Gasteiger partial charge in [-0.05, 0) is 30.5 Å². The number of benzene rings is 2. The Morgan fingerprint density at radius 1 is 0.963 bits per heavy atom. The zero-order valence-corrected chi connectivity index (χ0v) is 14.8. The highest BCUT2D eigenvalue weighted by atomic mass is 16.6. The normalized spacial score (nSPS) is 20.7. The first-order valence-electron chi connectivity index (χ1n) is 9.06. The molecule has 6 heteroatoms. The Morgan fingerprint density at radius 3 is 2.26 bits per heavy atom. The van der Waals surface area contributed by atoms with Crippen molar-refractivity contribution in [3.05, 3.63) is 60.2 Å². The van der Waals surface area contributed by atoms with Gasteiger partial charge < -0.3 is 19.5 Å². The number of carbonyl (C=O) groups excluding carboxylic acids is 1. The number of para-hydroxylation sites is 2. The molecule has 1 N–H and O–H groups in total. The van der Waals surface area contributed by atoms with Gasteiger partial charge in [-0.1, -0.05) is 42.5 Å². The highest BCUT2D eigenvalue weighted by Gasteiger charge is 2.45. The molecule has 0 radical (unpaired) electrons. The predicted molar refractivity (Wildman–Crippen MR) is 97.9 cm³/mol. The zero-order valence-electron chi connectivity index (χ0n) is 14.8. The second kappa shape index (κ2) is 6.95. The van der Waals surface area contributed by atoms with Gasteiger partial charge in [0.1, 0.15) is 6.61 Å². The molecule has 0 spiro atoms. The Hall–Kier alpha value is -3.02. The fraction of sp³-hybridized carbons (Fsp3) is 0.333. The van der Waals surface area contributed by atoms with Gasteiger partial charge >= 0.3 is 5.97 Å². The number of carboxylic acids is 1. The molecule has 1 atom stereocenters. The van der Waals surface area contributed by atoms with Crippen LogP contribution in [0.25, 0.3) is 0 Å². The predicted octanol–water partition coefficient (Wildman–Crippen LogP) is 2.47. The van der Waals surface area contributed by atoms with Gasteiger partial charge in [-0.2, -0.15) is 0 Å².